The summed E-state index contributed by atoms with van der Waals surface area (Å²) in [6.45, 7) is 9.38. The van der Waals surface area contributed by atoms with Crippen LogP contribution in [-0.2, 0) is 22.6 Å². The van der Waals surface area contributed by atoms with E-state index in [9.17, 15) is 9.59 Å². The van der Waals surface area contributed by atoms with E-state index in [4.69, 9.17) is 0 Å². The first-order valence-electron chi connectivity index (χ1n) is 10.3. The minimum absolute atomic E-state index is 0.121. The molecule has 30 heavy (non-hydrogen) atoms. The lowest BCUT2D eigenvalue weighted by atomic mass is 10.1. The van der Waals surface area contributed by atoms with Gasteiger partial charge < -0.3 is 14.8 Å². The molecule has 7 nitrogen and oxygen atoms in total. The second-order valence-corrected chi connectivity index (χ2v) is 7.21. The Morgan fingerprint density at radius 3 is 2.37 bits per heavy atom. The van der Waals surface area contributed by atoms with Crippen LogP contribution in [0.25, 0.3) is 11.0 Å². The van der Waals surface area contributed by atoms with Crippen LogP contribution >= 0.6 is 0 Å². The van der Waals surface area contributed by atoms with Gasteiger partial charge in [-0.25, -0.2) is 4.98 Å². The van der Waals surface area contributed by atoms with Crippen molar-refractivity contribution in [3.8, 4) is 0 Å². The molecule has 0 saturated heterocycles. The summed E-state index contributed by atoms with van der Waals surface area (Å²) in [4.78, 5) is 30.8. The van der Waals surface area contributed by atoms with E-state index in [1.54, 1.807) is 12.1 Å². The van der Waals surface area contributed by atoms with Gasteiger partial charge in [-0.3, -0.25) is 14.9 Å². The highest BCUT2D eigenvalue weighted by atomic mass is 16.2. The molecule has 0 radical (unpaired) electrons. The van der Waals surface area contributed by atoms with E-state index in [2.05, 4.69) is 38.9 Å². The Hall–Kier alpha value is -3.19. The first-order chi connectivity index (χ1) is 14.5. The van der Waals surface area contributed by atoms with Gasteiger partial charge in [-0.05, 0) is 42.9 Å². The van der Waals surface area contributed by atoms with Crippen molar-refractivity contribution in [2.24, 2.45) is 0 Å². The fourth-order valence-corrected chi connectivity index (χ4v) is 3.44. The lowest BCUT2D eigenvalue weighted by molar-refractivity contribution is -0.116. The Balaban J connectivity index is 1.73. The van der Waals surface area contributed by atoms with Crippen LogP contribution in [0.15, 0.2) is 48.5 Å². The summed E-state index contributed by atoms with van der Waals surface area (Å²) in [5, 5.41) is 5.70. The van der Waals surface area contributed by atoms with Gasteiger partial charge in [-0.15, -0.1) is 0 Å². The molecule has 2 N–H and O–H groups in total. The summed E-state index contributed by atoms with van der Waals surface area (Å²) in [7, 11) is 0. The Kier molecular flexibility index (Phi) is 7.19. The largest absolute Gasteiger partial charge is 0.326 e. The average molecular weight is 408 g/mol. The number of aromatic nitrogens is 2. The third kappa shape index (κ3) is 5.45. The molecule has 2 aromatic carbocycles. The number of carbonyl (C=O) groups is 2. The topological polar surface area (TPSA) is 79.3 Å². The van der Waals surface area contributed by atoms with Crippen LogP contribution in [0.4, 0.5) is 11.6 Å². The lowest BCUT2D eigenvalue weighted by Crippen LogP contribution is -2.28. The number of benzene rings is 2. The number of fused-ring (bicyclic) bond motifs is 1. The zero-order chi connectivity index (χ0) is 21.5. The lowest BCUT2D eigenvalue weighted by Gasteiger charge is -2.19. The average Bonchev–Trinajstić information content (AvgIpc) is 3.07. The van der Waals surface area contributed by atoms with E-state index in [1.807, 2.05) is 36.4 Å². The Bertz CT molecular complexity index is 1010. The summed E-state index contributed by atoms with van der Waals surface area (Å²) >= 11 is 0. The number of likely N-dealkylation sites (N-methyl/N-ethyl adjacent to an activating group) is 1. The van der Waals surface area contributed by atoms with Crippen LogP contribution < -0.4 is 10.6 Å². The zero-order valence-electron chi connectivity index (χ0n) is 17.8. The van der Waals surface area contributed by atoms with E-state index >= 15 is 0 Å². The van der Waals surface area contributed by atoms with Crippen molar-refractivity contribution in [2.45, 2.75) is 33.7 Å². The predicted molar refractivity (Wildman–Crippen MR) is 121 cm³/mol. The van der Waals surface area contributed by atoms with Crippen molar-refractivity contribution in [3.05, 3.63) is 54.1 Å². The number of rotatable bonds is 9. The molecule has 1 aromatic heterocycles. The highest BCUT2D eigenvalue weighted by molar-refractivity contribution is 5.93. The van der Waals surface area contributed by atoms with Crippen LogP contribution in [0.3, 0.4) is 0 Å². The van der Waals surface area contributed by atoms with Gasteiger partial charge in [0.05, 0.1) is 17.5 Å². The molecule has 0 fully saturated rings. The molecule has 1 heterocycles. The van der Waals surface area contributed by atoms with Crippen molar-refractivity contribution < 1.29 is 9.59 Å². The zero-order valence-corrected chi connectivity index (χ0v) is 17.8. The summed E-state index contributed by atoms with van der Waals surface area (Å²) in [6, 6.07) is 15.2. The summed E-state index contributed by atoms with van der Waals surface area (Å²) in [5.74, 6) is 0.328. The van der Waals surface area contributed by atoms with E-state index in [-0.39, 0.29) is 18.2 Å². The number of hydrogen-bond donors (Lipinski definition) is 2. The van der Waals surface area contributed by atoms with E-state index in [0.29, 0.717) is 11.6 Å². The number of amides is 2. The number of carbonyl (C=O) groups excluding carboxylic acids is 2. The van der Waals surface area contributed by atoms with Crippen LogP contribution in [-0.4, -0.2) is 45.9 Å². The maximum Gasteiger partial charge on any atom is 0.231 e. The third-order valence-corrected chi connectivity index (χ3v) is 5.08. The van der Waals surface area contributed by atoms with E-state index in [0.717, 1.165) is 42.8 Å². The molecule has 2 amide bonds. The first-order valence-corrected chi connectivity index (χ1v) is 10.3. The van der Waals surface area contributed by atoms with Crippen molar-refractivity contribution in [1.29, 1.82) is 0 Å². The monoisotopic (exact) mass is 407 g/mol. The molecule has 0 atom stereocenters. The third-order valence-electron chi connectivity index (χ3n) is 5.08. The molecule has 158 valence electrons. The van der Waals surface area contributed by atoms with Gasteiger partial charge >= 0.3 is 0 Å². The predicted octanol–water partition coefficient (Wildman–Crippen LogP) is 3.52. The maximum atomic E-state index is 12.7. The summed E-state index contributed by atoms with van der Waals surface area (Å²) in [5.41, 5.74) is 3.46. The highest BCUT2D eigenvalue weighted by Gasteiger charge is 2.14. The fourth-order valence-electron chi connectivity index (χ4n) is 3.44. The highest BCUT2D eigenvalue weighted by Crippen LogP contribution is 2.20. The minimum Gasteiger partial charge on any atom is -0.326 e. The molecule has 0 unspecified atom stereocenters. The Labute approximate surface area is 177 Å². The quantitative estimate of drug-likeness (QED) is 0.569. The molecule has 0 spiro atoms. The number of hydrogen-bond acceptors (Lipinski definition) is 4. The SMILES string of the molecule is CCN(CC)CCn1c(NC(=O)Cc2ccc(NC(C)=O)cc2)nc2ccccc21. The van der Waals surface area contributed by atoms with Gasteiger partial charge in [0.1, 0.15) is 0 Å². The molecule has 3 rings (SSSR count). The van der Waals surface area contributed by atoms with Crippen molar-refractivity contribution in [3.63, 3.8) is 0 Å². The minimum atomic E-state index is -0.123. The Morgan fingerprint density at radius 1 is 1.00 bits per heavy atom. The smallest absolute Gasteiger partial charge is 0.231 e. The summed E-state index contributed by atoms with van der Waals surface area (Å²) in [6.07, 6.45) is 0.236. The number of nitrogens with one attached hydrogen (secondary N) is 2. The Morgan fingerprint density at radius 2 is 1.70 bits per heavy atom. The molecular formula is C23H29N5O2. The maximum absolute atomic E-state index is 12.7. The standard InChI is InChI=1S/C23H29N5O2/c1-4-27(5-2)14-15-28-21-9-7-6-8-20(21)25-23(28)26-22(30)16-18-10-12-19(13-11-18)24-17(3)29/h6-13H,4-5,14-16H2,1-3H3,(H,24,29)(H,25,26,30). The van der Waals surface area contributed by atoms with Gasteiger partial charge in [-0.1, -0.05) is 38.1 Å². The van der Waals surface area contributed by atoms with Gasteiger partial charge in [-0.2, -0.15) is 0 Å². The molecule has 0 aliphatic heterocycles. The van der Waals surface area contributed by atoms with Crippen molar-refractivity contribution >= 4 is 34.5 Å². The molecule has 0 aliphatic rings. The number of imidazole rings is 1. The summed E-state index contributed by atoms with van der Waals surface area (Å²) < 4.78 is 2.07. The molecular weight excluding hydrogens is 378 g/mol. The van der Waals surface area contributed by atoms with Crippen molar-refractivity contribution in [2.75, 3.05) is 30.3 Å². The van der Waals surface area contributed by atoms with Crippen LogP contribution in [0, 0.1) is 0 Å². The van der Waals surface area contributed by atoms with Crippen LogP contribution in [0.2, 0.25) is 0 Å². The molecule has 0 bridgehead atoms. The van der Waals surface area contributed by atoms with Gasteiger partial charge in [0.25, 0.3) is 0 Å². The van der Waals surface area contributed by atoms with E-state index < -0.39 is 0 Å². The van der Waals surface area contributed by atoms with E-state index in [1.165, 1.54) is 6.92 Å². The van der Waals surface area contributed by atoms with Gasteiger partial charge in [0.2, 0.25) is 17.8 Å². The van der Waals surface area contributed by atoms with Crippen LogP contribution in [0.5, 0.6) is 0 Å². The first kappa shape index (κ1) is 21.5. The fraction of sp³-hybridized carbons (Fsp3) is 0.348. The molecule has 0 saturated carbocycles. The molecule has 3 aromatic rings. The number of para-hydroxylation sites is 2. The van der Waals surface area contributed by atoms with Gasteiger partial charge in [0.15, 0.2) is 0 Å². The van der Waals surface area contributed by atoms with Crippen LogP contribution in [0.1, 0.15) is 26.3 Å². The number of nitrogens with zero attached hydrogens (tertiary/aromatic N) is 3. The second-order valence-electron chi connectivity index (χ2n) is 7.21. The normalized spacial score (nSPS) is 11.1. The second kappa shape index (κ2) is 10.0. The molecule has 0 aliphatic carbocycles. The van der Waals surface area contributed by atoms with Gasteiger partial charge in [0, 0.05) is 25.7 Å². The van der Waals surface area contributed by atoms with Crippen molar-refractivity contribution in [1.82, 2.24) is 14.5 Å². The number of anilines is 2. The molecule has 7 heteroatoms.